The molecule has 0 radical (unpaired) electrons. The minimum Gasteiger partial charge on any atom is -0.393 e. The summed E-state index contributed by atoms with van der Waals surface area (Å²) in [6.07, 6.45) is 0. The Bertz CT molecular complexity index is 265. The van der Waals surface area contributed by atoms with Crippen LogP contribution in [-0.4, -0.2) is 21.8 Å². The standard InChI is InChI=1S/C7H10BrNO2S/c1-4-5(8)12-6(9-4)7(2,11)3-10/h10-11H,3H2,1-2H3. The van der Waals surface area contributed by atoms with Gasteiger partial charge in [-0.15, -0.1) is 11.3 Å². The summed E-state index contributed by atoms with van der Waals surface area (Å²) in [4.78, 5) is 4.11. The predicted octanol–water partition coefficient (Wildman–Crippen LogP) is 1.41. The molecule has 1 heterocycles. The second-order valence-electron chi connectivity index (χ2n) is 2.81. The zero-order valence-electron chi connectivity index (χ0n) is 6.83. The van der Waals surface area contributed by atoms with Crippen molar-refractivity contribution in [2.45, 2.75) is 19.4 Å². The maximum atomic E-state index is 9.61. The third-order valence-corrected chi connectivity index (χ3v) is 3.77. The average molecular weight is 252 g/mol. The van der Waals surface area contributed by atoms with Crippen LogP contribution in [0.1, 0.15) is 17.6 Å². The molecule has 1 unspecified atom stereocenters. The molecule has 0 bridgehead atoms. The monoisotopic (exact) mass is 251 g/mol. The Balaban J connectivity index is 3.04. The molecule has 0 aromatic carbocycles. The Labute approximate surface area is 83.2 Å². The molecule has 1 rings (SSSR count). The number of aryl methyl sites for hydroxylation is 1. The van der Waals surface area contributed by atoms with Crippen LogP contribution in [0.25, 0.3) is 0 Å². The highest BCUT2D eigenvalue weighted by atomic mass is 79.9. The number of hydrogen-bond donors (Lipinski definition) is 2. The number of halogens is 1. The first-order valence-electron chi connectivity index (χ1n) is 3.44. The van der Waals surface area contributed by atoms with Crippen molar-refractivity contribution in [1.29, 1.82) is 0 Å². The molecule has 1 aromatic rings. The first kappa shape index (κ1) is 10.1. The highest BCUT2D eigenvalue weighted by Crippen LogP contribution is 2.30. The van der Waals surface area contributed by atoms with E-state index >= 15 is 0 Å². The molecule has 2 N–H and O–H groups in total. The maximum absolute atomic E-state index is 9.61. The van der Waals surface area contributed by atoms with Crippen LogP contribution in [0.3, 0.4) is 0 Å². The molecule has 1 atom stereocenters. The summed E-state index contributed by atoms with van der Waals surface area (Å²) in [5.74, 6) is 0. The highest BCUT2D eigenvalue weighted by molar-refractivity contribution is 9.11. The van der Waals surface area contributed by atoms with Crippen LogP contribution < -0.4 is 0 Å². The minimum absolute atomic E-state index is 0.313. The first-order chi connectivity index (χ1) is 5.47. The fourth-order valence-corrected chi connectivity index (χ4v) is 2.05. The van der Waals surface area contributed by atoms with E-state index in [1.54, 1.807) is 0 Å². The number of thiazole rings is 1. The van der Waals surface area contributed by atoms with Crippen molar-refractivity contribution >= 4 is 27.3 Å². The van der Waals surface area contributed by atoms with Gasteiger partial charge < -0.3 is 10.2 Å². The topological polar surface area (TPSA) is 53.4 Å². The molecule has 0 fully saturated rings. The van der Waals surface area contributed by atoms with E-state index in [2.05, 4.69) is 20.9 Å². The molecule has 12 heavy (non-hydrogen) atoms. The Hall–Kier alpha value is 0.0300. The van der Waals surface area contributed by atoms with Gasteiger partial charge in [-0.05, 0) is 29.8 Å². The lowest BCUT2D eigenvalue weighted by Crippen LogP contribution is -2.25. The zero-order valence-corrected chi connectivity index (χ0v) is 9.24. The van der Waals surface area contributed by atoms with Crippen LogP contribution in [0.2, 0.25) is 0 Å². The average Bonchev–Trinajstić information content (AvgIpc) is 2.33. The van der Waals surface area contributed by atoms with E-state index in [0.717, 1.165) is 9.48 Å². The van der Waals surface area contributed by atoms with Crippen LogP contribution >= 0.6 is 27.3 Å². The van der Waals surface area contributed by atoms with E-state index in [1.807, 2.05) is 6.92 Å². The fourth-order valence-electron chi connectivity index (χ4n) is 0.676. The molecule has 0 saturated carbocycles. The summed E-state index contributed by atoms with van der Waals surface area (Å²) >= 11 is 4.64. The fraction of sp³-hybridized carbons (Fsp3) is 0.571. The largest absolute Gasteiger partial charge is 0.393 e. The highest BCUT2D eigenvalue weighted by Gasteiger charge is 2.26. The normalized spacial score (nSPS) is 16.1. The summed E-state index contributed by atoms with van der Waals surface area (Å²) in [5.41, 5.74) is -0.384. The van der Waals surface area contributed by atoms with Crippen molar-refractivity contribution in [3.8, 4) is 0 Å². The van der Waals surface area contributed by atoms with E-state index in [4.69, 9.17) is 5.11 Å². The lowest BCUT2D eigenvalue weighted by molar-refractivity contribution is -0.00251. The van der Waals surface area contributed by atoms with Gasteiger partial charge in [0.15, 0.2) is 0 Å². The molecule has 0 saturated heterocycles. The van der Waals surface area contributed by atoms with Gasteiger partial charge in [0, 0.05) is 0 Å². The number of aliphatic hydroxyl groups excluding tert-OH is 1. The van der Waals surface area contributed by atoms with Gasteiger partial charge in [0.25, 0.3) is 0 Å². The van der Waals surface area contributed by atoms with Crippen molar-refractivity contribution in [3.05, 3.63) is 14.5 Å². The Morgan fingerprint density at radius 1 is 1.67 bits per heavy atom. The Morgan fingerprint density at radius 3 is 2.58 bits per heavy atom. The molecular weight excluding hydrogens is 242 g/mol. The second-order valence-corrected chi connectivity index (χ2v) is 5.13. The van der Waals surface area contributed by atoms with E-state index in [1.165, 1.54) is 18.3 Å². The van der Waals surface area contributed by atoms with Gasteiger partial charge in [-0.25, -0.2) is 4.98 Å². The summed E-state index contributed by atoms with van der Waals surface area (Å²) in [5, 5.41) is 19.0. The maximum Gasteiger partial charge on any atom is 0.136 e. The number of aliphatic hydroxyl groups is 2. The molecular formula is C7H10BrNO2S. The van der Waals surface area contributed by atoms with E-state index in [9.17, 15) is 5.11 Å². The SMILES string of the molecule is Cc1nc(C(C)(O)CO)sc1Br. The van der Waals surface area contributed by atoms with Crippen LogP contribution in [0.15, 0.2) is 3.79 Å². The molecule has 68 valence electrons. The van der Waals surface area contributed by atoms with E-state index in [0.29, 0.717) is 5.01 Å². The third-order valence-electron chi connectivity index (χ3n) is 1.51. The molecule has 0 aliphatic carbocycles. The van der Waals surface area contributed by atoms with Crippen LogP contribution in [0.5, 0.6) is 0 Å². The van der Waals surface area contributed by atoms with Gasteiger partial charge in [-0.2, -0.15) is 0 Å². The lowest BCUT2D eigenvalue weighted by Gasteiger charge is -2.16. The van der Waals surface area contributed by atoms with Gasteiger partial charge in [0.05, 0.1) is 16.1 Å². The summed E-state index contributed by atoms with van der Waals surface area (Å²) in [7, 11) is 0. The lowest BCUT2D eigenvalue weighted by atomic mass is 10.1. The molecule has 0 amide bonds. The van der Waals surface area contributed by atoms with Gasteiger partial charge in [0.1, 0.15) is 10.6 Å². The van der Waals surface area contributed by atoms with Crippen molar-refractivity contribution in [3.63, 3.8) is 0 Å². The molecule has 5 heteroatoms. The van der Waals surface area contributed by atoms with Crippen LogP contribution in [-0.2, 0) is 5.60 Å². The number of aromatic nitrogens is 1. The van der Waals surface area contributed by atoms with E-state index in [-0.39, 0.29) is 6.61 Å². The first-order valence-corrected chi connectivity index (χ1v) is 5.05. The quantitative estimate of drug-likeness (QED) is 0.836. The summed E-state index contributed by atoms with van der Waals surface area (Å²) in [6.45, 7) is 3.07. The van der Waals surface area contributed by atoms with Gasteiger partial charge >= 0.3 is 0 Å². The van der Waals surface area contributed by atoms with Gasteiger partial charge in [-0.3, -0.25) is 0 Å². The molecule has 3 nitrogen and oxygen atoms in total. The van der Waals surface area contributed by atoms with Crippen molar-refractivity contribution in [2.24, 2.45) is 0 Å². The molecule has 0 aliphatic heterocycles. The van der Waals surface area contributed by atoms with Crippen LogP contribution in [0.4, 0.5) is 0 Å². The Kier molecular flexibility index (Phi) is 2.88. The van der Waals surface area contributed by atoms with Gasteiger partial charge in [0.2, 0.25) is 0 Å². The minimum atomic E-state index is -1.22. The summed E-state index contributed by atoms with van der Waals surface area (Å²) in [6, 6.07) is 0. The predicted molar refractivity (Wildman–Crippen MR) is 51.2 cm³/mol. The van der Waals surface area contributed by atoms with Crippen molar-refractivity contribution < 1.29 is 10.2 Å². The molecule has 0 aliphatic rings. The van der Waals surface area contributed by atoms with Crippen LogP contribution in [0, 0.1) is 6.92 Å². The Morgan fingerprint density at radius 2 is 2.25 bits per heavy atom. The molecule has 1 aromatic heterocycles. The number of rotatable bonds is 2. The zero-order chi connectivity index (χ0) is 9.35. The smallest absolute Gasteiger partial charge is 0.136 e. The van der Waals surface area contributed by atoms with Crippen molar-refractivity contribution in [1.82, 2.24) is 4.98 Å². The second kappa shape index (κ2) is 3.41. The van der Waals surface area contributed by atoms with E-state index < -0.39 is 5.60 Å². The molecule has 0 spiro atoms. The van der Waals surface area contributed by atoms with Gasteiger partial charge in [-0.1, -0.05) is 0 Å². The number of nitrogens with zero attached hydrogens (tertiary/aromatic N) is 1. The van der Waals surface area contributed by atoms with Crippen molar-refractivity contribution in [2.75, 3.05) is 6.61 Å². The number of hydrogen-bond acceptors (Lipinski definition) is 4. The third kappa shape index (κ3) is 1.85. The summed E-state index contributed by atoms with van der Waals surface area (Å²) < 4.78 is 0.895.